The Kier molecular flexibility index (Phi) is 2.88. The second-order valence-electron chi connectivity index (χ2n) is 4.72. The van der Waals surface area contributed by atoms with Gasteiger partial charge in [-0.25, -0.2) is 4.98 Å². The van der Waals surface area contributed by atoms with Crippen LogP contribution in [-0.4, -0.2) is 0 Å². The van der Waals surface area contributed by atoms with Gasteiger partial charge in [-0.1, -0.05) is 23.7 Å². The van der Waals surface area contributed by atoms with Crippen LogP contribution in [0.3, 0.4) is 0 Å². The van der Waals surface area contributed by atoms with Gasteiger partial charge in [0.2, 0.25) is 0 Å². The number of aryl methyl sites for hydroxylation is 1. The Labute approximate surface area is 116 Å². The fourth-order valence-electron chi connectivity index (χ4n) is 2.72. The molecule has 0 saturated carbocycles. The summed E-state index contributed by atoms with van der Waals surface area (Å²) < 4.78 is 0. The molecule has 0 unspecified atom stereocenters. The Morgan fingerprint density at radius 3 is 2.63 bits per heavy atom. The summed E-state index contributed by atoms with van der Waals surface area (Å²) in [6.45, 7) is 0. The Morgan fingerprint density at radius 2 is 1.95 bits per heavy atom. The SMILES string of the molecule is N#Cc1c(N)[nH+]c2c(c1-c1ccc(Cl)cc1)CCC2. The number of nitriles is 1. The first-order valence-electron chi connectivity index (χ1n) is 6.23. The molecule has 4 heteroatoms. The molecule has 0 saturated heterocycles. The molecule has 0 atom stereocenters. The fourth-order valence-corrected chi connectivity index (χ4v) is 2.85. The van der Waals surface area contributed by atoms with Gasteiger partial charge in [-0.05, 0) is 30.5 Å². The smallest absolute Gasteiger partial charge is 0.286 e. The van der Waals surface area contributed by atoms with Gasteiger partial charge in [-0.3, -0.25) is 5.73 Å². The van der Waals surface area contributed by atoms with Gasteiger partial charge < -0.3 is 0 Å². The van der Waals surface area contributed by atoms with Gasteiger partial charge in [0.1, 0.15) is 17.3 Å². The van der Waals surface area contributed by atoms with E-state index in [-0.39, 0.29) is 0 Å². The van der Waals surface area contributed by atoms with Gasteiger partial charge >= 0.3 is 0 Å². The van der Waals surface area contributed by atoms with Crippen molar-refractivity contribution < 1.29 is 4.98 Å². The second kappa shape index (κ2) is 4.56. The molecule has 3 rings (SSSR count). The lowest BCUT2D eigenvalue weighted by Crippen LogP contribution is -2.19. The number of nitrogens with one attached hydrogen (secondary N) is 1. The summed E-state index contributed by atoms with van der Waals surface area (Å²) in [4.78, 5) is 3.16. The molecule has 0 fully saturated rings. The standard InChI is InChI=1S/C15H12ClN3/c16-10-6-4-9(5-7-10)14-11-2-1-3-13(11)19-15(18)12(14)8-17/h4-7H,1-3H2,(H2,18,19)/p+1. The highest BCUT2D eigenvalue weighted by Gasteiger charge is 2.25. The van der Waals surface area contributed by atoms with E-state index in [1.807, 2.05) is 24.3 Å². The number of hydrogen-bond acceptors (Lipinski definition) is 2. The van der Waals surface area contributed by atoms with Crippen molar-refractivity contribution >= 4 is 17.4 Å². The highest BCUT2D eigenvalue weighted by Crippen LogP contribution is 2.35. The number of pyridine rings is 1. The van der Waals surface area contributed by atoms with Crippen LogP contribution in [0.5, 0.6) is 0 Å². The molecule has 1 aliphatic rings. The predicted molar refractivity (Wildman–Crippen MR) is 74.6 cm³/mol. The maximum atomic E-state index is 9.37. The number of rotatable bonds is 1. The van der Waals surface area contributed by atoms with E-state index < -0.39 is 0 Å². The molecule has 0 amide bonds. The lowest BCUT2D eigenvalue weighted by atomic mass is 9.95. The second-order valence-corrected chi connectivity index (χ2v) is 5.15. The lowest BCUT2D eigenvalue weighted by molar-refractivity contribution is -0.372. The van der Waals surface area contributed by atoms with Crippen LogP contribution < -0.4 is 10.7 Å². The Hall–Kier alpha value is -2.05. The molecular weight excluding hydrogens is 258 g/mol. The third-order valence-electron chi connectivity index (χ3n) is 3.57. The number of nitrogens with two attached hydrogens (primary N) is 1. The number of H-pyrrole nitrogens is 1. The van der Waals surface area contributed by atoms with E-state index in [2.05, 4.69) is 11.1 Å². The zero-order chi connectivity index (χ0) is 13.4. The number of nitrogen functional groups attached to an aromatic ring is 1. The zero-order valence-electron chi connectivity index (χ0n) is 10.3. The normalized spacial score (nSPS) is 13.1. The van der Waals surface area contributed by atoms with E-state index in [1.54, 1.807) is 0 Å². The van der Waals surface area contributed by atoms with E-state index in [9.17, 15) is 5.26 Å². The third kappa shape index (κ3) is 1.94. The van der Waals surface area contributed by atoms with Crippen LogP contribution in [0.2, 0.25) is 5.02 Å². The van der Waals surface area contributed by atoms with Crippen molar-refractivity contribution in [3.8, 4) is 17.2 Å². The average molecular weight is 271 g/mol. The lowest BCUT2D eigenvalue weighted by Gasteiger charge is -2.10. The Bertz CT molecular complexity index is 683. The van der Waals surface area contributed by atoms with Crippen LogP contribution in [0.4, 0.5) is 5.82 Å². The monoisotopic (exact) mass is 270 g/mol. The van der Waals surface area contributed by atoms with Crippen molar-refractivity contribution in [2.24, 2.45) is 0 Å². The molecule has 0 bridgehead atoms. The highest BCUT2D eigenvalue weighted by molar-refractivity contribution is 6.30. The van der Waals surface area contributed by atoms with E-state index in [1.165, 1.54) is 5.56 Å². The Balaban J connectivity index is 2.30. The first-order valence-corrected chi connectivity index (χ1v) is 6.61. The van der Waals surface area contributed by atoms with Crippen molar-refractivity contribution in [3.63, 3.8) is 0 Å². The largest absolute Gasteiger partial charge is 0.289 e. The molecular formula is C15H13ClN3+. The van der Waals surface area contributed by atoms with E-state index in [0.29, 0.717) is 16.4 Å². The number of halogens is 1. The van der Waals surface area contributed by atoms with Crippen LogP contribution >= 0.6 is 11.6 Å². The molecule has 94 valence electrons. The topological polar surface area (TPSA) is 64.0 Å². The van der Waals surface area contributed by atoms with Crippen molar-refractivity contribution in [2.45, 2.75) is 19.3 Å². The van der Waals surface area contributed by atoms with Crippen LogP contribution in [0.15, 0.2) is 24.3 Å². The van der Waals surface area contributed by atoms with Crippen molar-refractivity contribution in [1.82, 2.24) is 0 Å². The summed E-state index contributed by atoms with van der Waals surface area (Å²) in [5.41, 5.74) is 10.8. The first-order chi connectivity index (χ1) is 9.20. The van der Waals surface area contributed by atoms with Gasteiger partial charge in [0, 0.05) is 22.6 Å². The summed E-state index contributed by atoms with van der Waals surface area (Å²) in [7, 11) is 0. The minimum absolute atomic E-state index is 0.452. The van der Waals surface area contributed by atoms with Gasteiger partial charge in [-0.15, -0.1) is 0 Å². The van der Waals surface area contributed by atoms with Crippen molar-refractivity contribution in [3.05, 3.63) is 46.1 Å². The molecule has 3 nitrogen and oxygen atoms in total. The zero-order valence-corrected chi connectivity index (χ0v) is 11.1. The van der Waals surface area contributed by atoms with E-state index >= 15 is 0 Å². The first kappa shape index (κ1) is 12.0. The molecule has 3 N–H and O–H groups in total. The molecule has 0 spiro atoms. The molecule has 2 aromatic rings. The quantitative estimate of drug-likeness (QED) is 0.866. The maximum Gasteiger partial charge on any atom is 0.289 e. The van der Waals surface area contributed by atoms with E-state index in [0.717, 1.165) is 36.1 Å². The van der Waals surface area contributed by atoms with Crippen LogP contribution in [-0.2, 0) is 12.8 Å². The predicted octanol–water partition coefficient (Wildman–Crippen LogP) is 2.76. The van der Waals surface area contributed by atoms with Crippen molar-refractivity contribution in [1.29, 1.82) is 5.26 Å². The fraction of sp³-hybridized carbons (Fsp3) is 0.200. The maximum absolute atomic E-state index is 9.37. The number of anilines is 1. The number of aromatic amines is 1. The van der Waals surface area contributed by atoms with Crippen LogP contribution in [0, 0.1) is 11.3 Å². The number of nitrogens with zero attached hydrogens (tertiary/aromatic N) is 1. The summed E-state index contributed by atoms with van der Waals surface area (Å²) >= 11 is 5.93. The third-order valence-corrected chi connectivity index (χ3v) is 3.82. The number of benzene rings is 1. The highest BCUT2D eigenvalue weighted by atomic mass is 35.5. The minimum Gasteiger partial charge on any atom is -0.286 e. The number of fused-ring (bicyclic) bond motifs is 1. The molecule has 0 radical (unpaired) electrons. The van der Waals surface area contributed by atoms with Gasteiger partial charge in [0.15, 0.2) is 0 Å². The summed E-state index contributed by atoms with van der Waals surface area (Å²) in [6.07, 6.45) is 3.07. The van der Waals surface area contributed by atoms with Gasteiger partial charge in [0.05, 0.1) is 0 Å². The van der Waals surface area contributed by atoms with E-state index in [4.69, 9.17) is 17.3 Å². The number of hydrogen-bond donors (Lipinski definition) is 1. The molecule has 1 aromatic carbocycles. The average Bonchev–Trinajstić information content (AvgIpc) is 2.86. The number of aromatic nitrogens is 1. The minimum atomic E-state index is 0.452. The van der Waals surface area contributed by atoms with Crippen LogP contribution in [0.25, 0.3) is 11.1 Å². The van der Waals surface area contributed by atoms with Crippen LogP contribution in [0.1, 0.15) is 23.2 Å². The molecule has 1 aromatic heterocycles. The van der Waals surface area contributed by atoms with Gasteiger partial charge in [-0.2, -0.15) is 5.26 Å². The molecule has 1 heterocycles. The molecule has 19 heavy (non-hydrogen) atoms. The summed E-state index contributed by atoms with van der Waals surface area (Å²) in [5.74, 6) is 0.452. The molecule has 1 aliphatic carbocycles. The summed E-state index contributed by atoms with van der Waals surface area (Å²) in [6, 6.07) is 9.78. The van der Waals surface area contributed by atoms with Gasteiger partial charge in [0.25, 0.3) is 5.82 Å². The Morgan fingerprint density at radius 1 is 1.21 bits per heavy atom. The summed E-state index contributed by atoms with van der Waals surface area (Å²) in [5, 5.41) is 10.1. The molecule has 0 aliphatic heterocycles. The van der Waals surface area contributed by atoms with Crippen molar-refractivity contribution in [2.75, 3.05) is 5.73 Å².